The Hall–Kier alpha value is -1.87. The molecule has 0 aliphatic carbocycles. The topological polar surface area (TPSA) is 29.5 Å². The second-order valence-electron chi connectivity index (χ2n) is 4.54. The SMILES string of the molecule is COc1cc(C(O)Cc2ccccc2C)ccc1F. The summed E-state index contributed by atoms with van der Waals surface area (Å²) in [4.78, 5) is 0. The number of aliphatic hydroxyl groups is 1. The molecule has 0 aliphatic heterocycles. The molecule has 0 spiro atoms. The van der Waals surface area contributed by atoms with Crippen LogP contribution in [-0.2, 0) is 6.42 Å². The maximum absolute atomic E-state index is 13.3. The molecule has 1 N–H and O–H groups in total. The smallest absolute Gasteiger partial charge is 0.165 e. The van der Waals surface area contributed by atoms with Crippen molar-refractivity contribution in [3.8, 4) is 5.75 Å². The molecule has 2 rings (SSSR count). The minimum absolute atomic E-state index is 0.154. The molecule has 0 bridgehead atoms. The lowest BCUT2D eigenvalue weighted by Crippen LogP contribution is -2.04. The summed E-state index contributed by atoms with van der Waals surface area (Å²) < 4.78 is 18.2. The Kier molecular flexibility index (Phi) is 4.17. The highest BCUT2D eigenvalue weighted by atomic mass is 19.1. The van der Waals surface area contributed by atoms with Crippen molar-refractivity contribution in [2.24, 2.45) is 0 Å². The predicted molar refractivity (Wildman–Crippen MR) is 72.8 cm³/mol. The van der Waals surface area contributed by atoms with Crippen molar-refractivity contribution in [1.82, 2.24) is 0 Å². The maximum Gasteiger partial charge on any atom is 0.165 e. The molecular weight excluding hydrogens is 243 g/mol. The van der Waals surface area contributed by atoms with Crippen molar-refractivity contribution in [3.63, 3.8) is 0 Å². The van der Waals surface area contributed by atoms with E-state index in [-0.39, 0.29) is 5.75 Å². The van der Waals surface area contributed by atoms with Crippen LogP contribution in [0.15, 0.2) is 42.5 Å². The molecule has 1 atom stereocenters. The summed E-state index contributed by atoms with van der Waals surface area (Å²) in [5.41, 5.74) is 2.87. The maximum atomic E-state index is 13.3. The van der Waals surface area contributed by atoms with Gasteiger partial charge >= 0.3 is 0 Å². The normalized spacial score (nSPS) is 12.2. The Balaban J connectivity index is 2.20. The minimum Gasteiger partial charge on any atom is -0.494 e. The van der Waals surface area contributed by atoms with Crippen molar-refractivity contribution in [2.75, 3.05) is 7.11 Å². The molecule has 0 aromatic heterocycles. The van der Waals surface area contributed by atoms with Gasteiger partial charge in [0.1, 0.15) is 0 Å². The van der Waals surface area contributed by atoms with Crippen molar-refractivity contribution < 1.29 is 14.2 Å². The highest BCUT2D eigenvalue weighted by Gasteiger charge is 2.12. The summed E-state index contributed by atoms with van der Waals surface area (Å²) in [5.74, 6) is -0.268. The van der Waals surface area contributed by atoms with Crippen LogP contribution >= 0.6 is 0 Å². The second-order valence-corrected chi connectivity index (χ2v) is 4.54. The first-order valence-electron chi connectivity index (χ1n) is 6.18. The Bertz CT molecular complexity index is 566. The van der Waals surface area contributed by atoms with Crippen molar-refractivity contribution in [3.05, 3.63) is 65.0 Å². The molecule has 100 valence electrons. The number of methoxy groups -OCH3 is 1. The summed E-state index contributed by atoms with van der Waals surface area (Å²) >= 11 is 0. The van der Waals surface area contributed by atoms with Crippen LogP contribution in [0.25, 0.3) is 0 Å². The fraction of sp³-hybridized carbons (Fsp3) is 0.250. The molecule has 19 heavy (non-hydrogen) atoms. The monoisotopic (exact) mass is 260 g/mol. The molecule has 0 fully saturated rings. The molecule has 0 saturated carbocycles. The average Bonchev–Trinajstić information content (AvgIpc) is 2.42. The summed E-state index contributed by atoms with van der Waals surface area (Å²) in [6.45, 7) is 2.01. The number of rotatable bonds is 4. The van der Waals surface area contributed by atoms with E-state index in [1.807, 2.05) is 31.2 Å². The third kappa shape index (κ3) is 3.12. The van der Waals surface area contributed by atoms with E-state index in [1.165, 1.54) is 19.2 Å². The highest BCUT2D eigenvalue weighted by Crippen LogP contribution is 2.25. The van der Waals surface area contributed by atoms with Gasteiger partial charge < -0.3 is 9.84 Å². The molecule has 1 unspecified atom stereocenters. The zero-order valence-corrected chi connectivity index (χ0v) is 11.1. The van der Waals surface area contributed by atoms with Crippen LogP contribution in [0.2, 0.25) is 0 Å². The molecule has 0 amide bonds. The Morgan fingerprint density at radius 1 is 1.21 bits per heavy atom. The molecule has 2 aromatic rings. The number of aliphatic hydroxyl groups excluding tert-OH is 1. The van der Waals surface area contributed by atoms with E-state index >= 15 is 0 Å². The highest BCUT2D eigenvalue weighted by molar-refractivity contribution is 5.33. The molecule has 2 aromatic carbocycles. The van der Waals surface area contributed by atoms with E-state index in [1.54, 1.807) is 6.07 Å². The molecule has 0 aliphatic rings. The van der Waals surface area contributed by atoms with Gasteiger partial charge in [0, 0.05) is 6.42 Å². The van der Waals surface area contributed by atoms with Gasteiger partial charge in [0.25, 0.3) is 0 Å². The van der Waals surface area contributed by atoms with Gasteiger partial charge in [0.2, 0.25) is 0 Å². The second kappa shape index (κ2) is 5.85. The van der Waals surface area contributed by atoms with Crippen LogP contribution in [0.5, 0.6) is 5.75 Å². The number of halogens is 1. The first-order chi connectivity index (χ1) is 9.11. The summed E-state index contributed by atoms with van der Waals surface area (Å²) in [6.07, 6.45) is -0.169. The van der Waals surface area contributed by atoms with Crippen LogP contribution in [0.4, 0.5) is 4.39 Å². The van der Waals surface area contributed by atoms with Gasteiger partial charge in [-0.2, -0.15) is 0 Å². The van der Waals surface area contributed by atoms with Crippen LogP contribution < -0.4 is 4.74 Å². The number of hydrogen-bond donors (Lipinski definition) is 1. The Morgan fingerprint density at radius 2 is 1.95 bits per heavy atom. The van der Waals surface area contributed by atoms with Crippen LogP contribution in [0.3, 0.4) is 0 Å². The van der Waals surface area contributed by atoms with Crippen LogP contribution in [-0.4, -0.2) is 12.2 Å². The molecule has 0 saturated heterocycles. The first-order valence-corrected chi connectivity index (χ1v) is 6.18. The minimum atomic E-state index is -0.671. The van der Waals surface area contributed by atoms with Crippen molar-refractivity contribution >= 4 is 0 Å². The standard InChI is InChI=1S/C16H17FO2/c1-11-5-3-4-6-12(11)9-15(18)13-7-8-14(17)16(10-13)19-2/h3-8,10,15,18H,9H2,1-2H3. The van der Waals surface area contributed by atoms with E-state index in [4.69, 9.17) is 4.74 Å². The van der Waals surface area contributed by atoms with Gasteiger partial charge in [-0.15, -0.1) is 0 Å². The number of ether oxygens (including phenoxy) is 1. The Morgan fingerprint density at radius 3 is 2.63 bits per heavy atom. The number of benzene rings is 2. The predicted octanol–water partition coefficient (Wildman–Crippen LogP) is 3.42. The molecule has 0 radical (unpaired) electrons. The molecule has 0 heterocycles. The third-order valence-corrected chi connectivity index (χ3v) is 3.23. The van der Waals surface area contributed by atoms with Gasteiger partial charge in [-0.1, -0.05) is 30.3 Å². The van der Waals surface area contributed by atoms with Gasteiger partial charge in [-0.25, -0.2) is 4.39 Å². The van der Waals surface area contributed by atoms with E-state index in [9.17, 15) is 9.50 Å². The average molecular weight is 260 g/mol. The van der Waals surface area contributed by atoms with Gasteiger partial charge in [-0.05, 0) is 35.7 Å². The summed E-state index contributed by atoms with van der Waals surface area (Å²) in [7, 11) is 1.41. The molecule has 3 heteroatoms. The van der Waals surface area contributed by atoms with E-state index in [0.29, 0.717) is 12.0 Å². The van der Waals surface area contributed by atoms with Crippen LogP contribution in [0.1, 0.15) is 22.8 Å². The lowest BCUT2D eigenvalue weighted by atomic mass is 9.98. The Labute approximate surface area is 112 Å². The molecular formula is C16H17FO2. The summed E-state index contributed by atoms with van der Waals surface area (Å²) in [6, 6.07) is 12.3. The fourth-order valence-corrected chi connectivity index (χ4v) is 2.05. The third-order valence-electron chi connectivity index (χ3n) is 3.23. The van der Waals surface area contributed by atoms with Crippen molar-refractivity contribution in [1.29, 1.82) is 0 Å². The summed E-state index contributed by atoms with van der Waals surface area (Å²) in [5, 5.41) is 10.2. The van der Waals surface area contributed by atoms with Crippen molar-refractivity contribution in [2.45, 2.75) is 19.4 Å². The zero-order chi connectivity index (χ0) is 13.8. The van der Waals surface area contributed by atoms with Gasteiger partial charge in [0.05, 0.1) is 13.2 Å². The zero-order valence-electron chi connectivity index (χ0n) is 11.1. The lowest BCUT2D eigenvalue weighted by molar-refractivity contribution is 0.177. The van der Waals surface area contributed by atoms with E-state index in [2.05, 4.69) is 0 Å². The largest absolute Gasteiger partial charge is 0.494 e. The van der Waals surface area contributed by atoms with Gasteiger partial charge in [-0.3, -0.25) is 0 Å². The quantitative estimate of drug-likeness (QED) is 0.912. The number of aryl methyl sites for hydroxylation is 1. The van der Waals surface area contributed by atoms with E-state index in [0.717, 1.165) is 11.1 Å². The first kappa shape index (κ1) is 13.6. The number of hydrogen-bond acceptors (Lipinski definition) is 2. The van der Waals surface area contributed by atoms with Crippen LogP contribution in [0, 0.1) is 12.7 Å². The molecule has 2 nitrogen and oxygen atoms in total. The van der Waals surface area contributed by atoms with E-state index < -0.39 is 11.9 Å². The lowest BCUT2D eigenvalue weighted by Gasteiger charge is -2.14. The fourth-order valence-electron chi connectivity index (χ4n) is 2.05. The van der Waals surface area contributed by atoms with Gasteiger partial charge in [0.15, 0.2) is 11.6 Å².